The number of hydrogen-bond donors (Lipinski definition) is 0. The van der Waals surface area contributed by atoms with Crippen molar-refractivity contribution in [3.63, 3.8) is 0 Å². The summed E-state index contributed by atoms with van der Waals surface area (Å²) >= 11 is 0. The third-order valence-electron chi connectivity index (χ3n) is 7.56. The Morgan fingerprint density at radius 3 is 1.92 bits per heavy atom. The van der Waals surface area contributed by atoms with E-state index in [1.807, 2.05) is 12.3 Å². The lowest BCUT2D eigenvalue weighted by Crippen LogP contribution is -1.96. The highest BCUT2D eigenvalue weighted by Crippen LogP contribution is 2.40. The molecule has 3 heteroatoms. The molecule has 3 aromatic heterocycles. The molecular weight excluding hydrogens is 462 g/mol. The van der Waals surface area contributed by atoms with Gasteiger partial charge in [0.25, 0.3) is 0 Å². The minimum Gasteiger partial charge on any atom is -0.309 e. The fourth-order valence-corrected chi connectivity index (χ4v) is 5.95. The number of aromatic nitrogens is 3. The lowest BCUT2D eigenvalue weighted by atomic mass is 10.0. The SMILES string of the molecule is c1ccc(-n2c3cc(-c4cccc5c6ccccc6n(-c6ccccc6)c45)ccc3c3cccnc32)cc1. The molecule has 5 aromatic carbocycles. The zero-order valence-corrected chi connectivity index (χ0v) is 20.6. The highest BCUT2D eigenvalue weighted by molar-refractivity contribution is 6.15. The molecule has 0 fully saturated rings. The number of benzene rings is 5. The van der Waals surface area contributed by atoms with Crippen LogP contribution in [0.1, 0.15) is 0 Å². The summed E-state index contributed by atoms with van der Waals surface area (Å²) in [6, 6.07) is 47.5. The largest absolute Gasteiger partial charge is 0.309 e. The maximum absolute atomic E-state index is 4.79. The van der Waals surface area contributed by atoms with E-state index in [4.69, 9.17) is 4.98 Å². The van der Waals surface area contributed by atoms with Gasteiger partial charge in [-0.15, -0.1) is 0 Å². The van der Waals surface area contributed by atoms with Crippen LogP contribution in [-0.2, 0) is 0 Å². The highest BCUT2D eigenvalue weighted by atomic mass is 15.0. The van der Waals surface area contributed by atoms with E-state index >= 15 is 0 Å². The van der Waals surface area contributed by atoms with Crippen LogP contribution in [0.4, 0.5) is 0 Å². The van der Waals surface area contributed by atoms with E-state index in [0.29, 0.717) is 0 Å². The monoisotopic (exact) mass is 485 g/mol. The summed E-state index contributed by atoms with van der Waals surface area (Å²) in [6.07, 6.45) is 1.88. The van der Waals surface area contributed by atoms with E-state index in [9.17, 15) is 0 Å². The summed E-state index contributed by atoms with van der Waals surface area (Å²) in [7, 11) is 0. The van der Waals surface area contributed by atoms with Crippen molar-refractivity contribution in [2.45, 2.75) is 0 Å². The summed E-state index contributed by atoms with van der Waals surface area (Å²) in [4.78, 5) is 4.79. The van der Waals surface area contributed by atoms with Crippen molar-refractivity contribution in [3.8, 4) is 22.5 Å². The van der Waals surface area contributed by atoms with Crippen molar-refractivity contribution in [2.24, 2.45) is 0 Å². The molecule has 0 aliphatic heterocycles. The summed E-state index contributed by atoms with van der Waals surface area (Å²) in [6.45, 7) is 0. The topological polar surface area (TPSA) is 22.8 Å². The van der Waals surface area contributed by atoms with Gasteiger partial charge in [-0.2, -0.15) is 0 Å². The van der Waals surface area contributed by atoms with E-state index in [1.165, 1.54) is 38.3 Å². The van der Waals surface area contributed by atoms with Gasteiger partial charge in [-0.05, 0) is 54.1 Å². The Balaban J connectivity index is 1.48. The highest BCUT2D eigenvalue weighted by Gasteiger charge is 2.18. The maximum atomic E-state index is 4.79. The fourth-order valence-electron chi connectivity index (χ4n) is 5.95. The van der Waals surface area contributed by atoms with Gasteiger partial charge in [0.1, 0.15) is 5.65 Å². The molecule has 0 aliphatic rings. The average Bonchev–Trinajstić information content (AvgIpc) is 3.51. The van der Waals surface area contributed by atoms with Gasteiger partial charge in [0, 0.05) is 44.7 Å². The number of nitrogens with zero attached hydrogens (tertiary/aromatic N) is 3. The lowest BCUT2D eigenvalue weighted by molar-refractivity contribution is 1.14. The van der Waals surface area contributed by atoms with Crippen LogP contribution in [0.25, 0.3) is 66.2 Å². The number of hydrogen-bond acceptors (Lipinski definition) is 1. The molecule has 0 spiro atoms. The molecule has 0 atom stereocenters. The maximum Gasteiger partial charge on any atom is 0.145 e. The molecule has 3 nitrogen and oxygen atoms in total. The van der Waals surface area contributed by atoms with Gasteiger partial charge in [0.2, 0.25) is 0 Å². The second-order valence-electron chi connectivity index (χ2n) is 9.67. The van der Waals surface area contributed by atoms with Crippen molar-refractivity contribution in [2.75, 3.05) is 0 Å². The van der Waals surface area contributed by atoms with Crippen molar-refractivity contribution in [3.05, 3.63) is 140 Å². The van der Waals surface area contributed by atoms with Gasteiger partial charge >= 0.3 is 0 Å². The molecule has 0 amide bonds. The van der Waals surface area contributed by atoms with Crippen LogP contribution in [0.15, 0.2) is 140 Å². The predicted molar refractivity (Wildman–Crippen MR) is 158 cm³/mol. The molecule has 3 heterocycles. The minimum atomic E-state index is 0.974. The standard InChI is InChI=1S/C35H23N3/c1-3-11-25(12-4-1)37-32-19-8-7-15-28(32)30-17-9-16-27(34(30)37)24-20-21-29-31-18-10-22-36-35(31)38(33(29)23-24)26-13-5-2-6-14-26/h1-23H. The third kappa shape index (κ3) is 2.99. The second kappa shape index (κ2) is 8.19. The van der Waals surface area contributed by atoms with Crippen molar-refractivity contribution in [1.82, 2.24) is 14.1 Å². The summed E-state index contributed by atoms with van der Waals surface area (Å²) < 4.78 is 4.68. The fraction of sp³-hybridized carbons (Fsp3) is 0. The Hall–Kier alpha value is -5.15. The summed E-state index contributed by atoms with van der Waals surface area (Å²) in [5.74, 6) is 0. The molecule has 0 aliphatic carbocycles. The molecule has 0 saturated carbocycles. The van der Waals surface area contributed by atoms with Crippen molar-refractivity contribution in [1.29, 1.82) is 0 Å². The average molecular weight is 486 g/mol. The second-order valence-corrected chi connectivity index (χ2v) is 9.67. The van der Waals surface area contributed by atoms with Gasteiger partial charge < -0.3 is 4.57 Å². The lowest BCUT2D eigenvalue weighted by Gasteiger charge is -2.12. The molecule has 178 valence electrons. The molecule has 0 saturated heterocycles. The van der Waals surface area contributed by atoms with Gasteiger partial charge in [-0.3, -0.25) is 4.57 Å². The predicted octanol–water partition coefficient (Wildman–Crippen LogP) is 8.94. The van der Waals surface area contributed by atoms with Crippen LogP contribution in [0.3, 0.4) is 0 Å². The Bertz CT molecular complexity index is 2120. The quantitative estimate of drug-likeness (QED) is 0.245. The number of fused-ring (bicyclic) bond motifs is 6. The molecule has 0 unspecified atom stereocenters. The first-order valence-corrected chi connectivity index (χ1v) is 12.9. The van der Waals surface area contributed by atoms with E-state index in [2.05, 4.69) is 137 Å². The Labute approximate surface area is 219 Å². The van der Waals surface area contributed by atoms with Crippen LogP contribution < -0.4 is 0 Å². The van der Waals surface area contributed by atoms with Crippen molar-refractivity contribution >= 4 is 43.7 Å². The zero-order valence-electron chi connectivity index (χ0n) is 20.6. The molecule has 0 radical (unpaired) electrons. The van der Waals surface area contributed by atoms with Crippen LogP contribution >= 0.6 is 0 Å². The summed E-state index contributed by atoms with van der Waals surface area (Å²) in [5, 5.41) is 4.88. The van der Waals surface area contributed by atoms with E-state index in [-0.39, 0.29) is 0 Å². The summed E-state index contributed by atoms with van der Waals surface area (Å²) in [5.41, 5.74) is 9.23. The first-order valence-electron chi connectivity index (χ1n) is 12.9. The Kier molecular flexibility index (Phi) is 4.52. The minimum absolute atomic E-state index is 0.974. The van der Waals surface area contributed by atoms with Crippen LogP contribution in [-0.4, -0.2) is 14.1 Å². The first-order chi connectivity index (χ1) is 18.9. The number of pyridine rings is 1. The first kappa shape index (κ1) is 21.0. The molecule has 0 bridgehead atoms. The zero-order chi connectivity index (χ0) is 25.1. The Morgan fingerprint density at radius 2 is 1.11 bits per heavy atom. The molecule has 38 heavy (non-hydrogen) atoms. The Morgan fingerprint density at radius 1 is 0.447 bits per heavy atom. The van der Waals surface area contributed by atoms with Crippen LogP contribution in [0.5, 0.6) is 0 Å². The number of rotatable bonds is 3. The van der Waals surface area contributed by atoms with E-state index in [0.717, 1.165) is 27.9 Å². The molecule has 8 aromatic rings. The van der Waals surface area contributed by atoms with Crippen LogP contribution in [0.2, 0.25) is 0 Å². The van der Waals surface area contributed by atoms with E-state index in [1.54, 1.807) is 0 Å². The van der Waals surface area contributed by atoms with Gasteiger partial charge in [0.15, 0.2) is 0 Å². The van der Waals surface area contributed by atoms with Gasteiger partial charge in [-0.1, -0.05) is 84.9 Å². The van der Waals surface area contributed by atoms with Crippen LogP contribution in [0, 0.1) is 0 Å². The van der Waals surface area contributed by atoms with E-state index < -0.39 is 0 Å². The smallest absolute Gasteiger partial charge is 0.145 e. The molecule has 0 N–H and O–H groups in total. The molecule has 8 rings (SSSR count). The van der Waals surface area contributed by atoms with Gasteiger partial charge in [0.05, 0.1) is 16.6 Å². The number of para-hydroxylation sites is 4. The third-order valence-corrected chi connectivity index (χ3v) is 7.56. The van der Waals surface area contributed by atoms with Gasteiger partial charge in [-0.25, -0.2) is 4.98 Å². The normalized spacial score (nSPS) is 11.7. The van der Waals surface area contributed by atoms with Crippen molar-refractivity contribution < 1.29 is 0 Å². The molecular formula is C35H23N3.